The van der Waals surface area contributed by atoms with Gasteiger partial charge in [-0.2, -0.15) is 0 Å². The predicted molar refractivity (Wildman–Crippen MR) is 83.9 cm³/mol. The van der Waals surface area contributed by atoms with Crippen LogP contribution in [-0.2, 0) is 10.5 Å². The number of carbonyl (C=O) groups is 1. The van der Waals surface area contributed by atoms with Crippen LogP contribution in [-0.4, -0.2) is 29.3 Å². The Morgan fingerprint density at radius 1 is 1.48 bits per heavy atom. The molecule has 0 atom stereocenters. The van der Waals surface area contributed by atoms with Crippen molar-refractivity contribution in [3.05, 3.63) is 35.4 Å². The Bertz CT molecular complexity index is 641. The molecule has 1 aromatic heterocycles. The molecule has 7 heteroatoms. The lowest BCUT2D eigenvalue weighted by atomic mass is 10.1. The summed E-state index contributed by atoms with van der Waals surface area (Å²) in [6.45, 7) is 0. The van der Waals surface area contributed by atoms with Crippen LogP contribution in [0.3, 0.4) is 0 Å². The number of hydrogen-bond donors (Lipinski definition) is 1. The summed E-state index contributed by atoms with van der Waals surface area (Å²) in [5, 5.41) is 12.5. The summed E-state index contributed by atoms with van der Waals surface area (Å²) >= 11 is 3.20. The van der Waals surface area contributed by atoms with Crippen LogP contribution < -0.4 is 5.32 Å². The molecule has 1 fully saturated rings. The van der Waals surface area contributed by atoms with Gasteiger partial charge >= 0.3 is 5.97 Å². The van der Waals surface area contributed by atoms with Crippen LogP contribution in [0.2, 0.25) is 0 Å². The van der Waals surface area contributed by atoms with Gasteiger partial charge in [-0.15, -0.1) is 10.2 Å². The summed E-state index contributed by atoms with van der Waals surface area (Å²) in [4.78, 5) is 11.5. The lowest BCUT2D eigenvalue weighted by molar-refractivity contribution is 0.0600. The second-order valence-corrected chi connectivity index (χ2v) is 6.97. The monoisotopic (exact) mass is 321 g/mol. The molecule has 1 N–H and O–H groups in total. The van der Waals surface area contributed by atoms with Gasteiger partial charge in [0.2, 0.25) is 5.13 Å². The minimum absolute atomic E-state index is 0.311. The second kappa shape index (κ2) is 6.44. The molecule has 1 saturated carbocycles. The first-order chi connectivity index (χ1) is 10.2. The minimum atomic E-state index is -0.311. The lowest BCUT2D eigenvalue weighted by Crippen LogP contribution is -2.01. The third-order valence-electron chi connectivity index (χ3n) is 3.02. The van der Waals surface area contributed by atoms with Gasteiger partial charge in [0.1, 0.15) is 0 Å². The van der Waals surface area contributed by atoms with Gasteiger partial charge in [-0.3, -0.25) is 0 Å². The van der Waals surface area contributed by atoms with E-state index in [9.17, 15) is 4.79 Å². The highest BCUT2D eigenvalue weighted by Gasteiger charge is 2.22. The predicted octanol–water partition coefficient (Wildman–Crippen LogP) is 3.19. The number of nitrogens with zero attached hydrogens (tertiary/aromatic N) is 2. The number of methoxy groups -OCH3 is 1. The Balaban J connectivity index is 1.58. The molecule has 1 aliphatic rings. The van der Waals surface area contributed by atoms with E-state index in [4.69, 9.17) is 4.74 Å². The molecule has 110 valence electrons. The van der Waals surface area contributed by atoms with Gasteiger partial charge in [0.05, 0.1) is 12.7 Å². The maximum absolute atomic E-state index is 11.5. The molecule has 21 heavy (non-hydrogen) atoms. The second-order valence-electron chi connectivity index (χ2n) is 4.77. The van der Waals surface area contributed by atoms with Crippen molar-refractivity contribution in [2.75, 3.05) is 12.4 Å². The summed E-state index contributed by atoms with van der Waals surface area (Å²) < 4.78 is 5.66. The van der Waals surface area contributed by atoms with E-state index in [2.05, 4.69) is 15.5 Å². The van der Waals surface area contributed by atoms with E-state index in [1.54, 1.807) is 29.2 Å². The van der Waals surface area contributed by atoms with Gasteiger partial charge in [-0.1, -0.05) is 35.2 Å². The van der Waals surface area contributed by atoms with E-state index in [1.807, 2.05) is 18.2 Å². The highest BCUT2D eigenvalue weighted by atomic mass is 32.2. The number of anilines is 1. The number of nitrogens with one attached hydrogen (secondary N) is 1. The van der Waals surface area contributed by atoms with Crippen molar-refractivity contribution in [3.63, 3.8) is 0 Å². The number of hydrogen-bond acceptors (Lipinski definition) is 7. The molecule has 0 unspecified atom stereocenters. The van der Waals surface area contributed by atoms with Gasteiger partial charge in [0.25, 0.3) is 0 Å². The van der Waals surface area contributed by atoms with Gasteiger partial charge in [0, 0.05) is 11.8 Å². The normalized spacial score (nSPS) is 14.0. The number of esters is 1. The Kier molecular flexibility index (Phi) is 4.40. The third-order valence-corrected chi connectivity index (χ3v) is 5.08. The number of aromatic nitrogens is 2. The van der Waals surface area contributed by atoms with Crippen LogP contribution in [0.25, 0.3) is 0 Å². The summed E-state index contributed by atoms with van der Waals surface area (Å²) in [5.74, 6) is 0.441. The summed E-state index contributed by atoms with van der Waals surface area (Å²) in [6.07, 6.45) is 2.45. The Morgan fingerprint density at radius 2 is 2.33 bits per heavy atom. The fraction of sp³-hybridized carbons (Fsp3) is 0.357. The van der Waals surface area contributed by atoms with Crippen LogP contribution in [0.15, 0.2) is 28.6 Å². The first-order valence-electron chi connectivity index (χ1n) is 6.64. The number of rotatable bonds is 6. The fourth-order valence-electron chi connectivity index (χ4n) is 1.78. The standard InChI is InChI=1S/C14H15N3O2S2/c1-19-12(18)10-4-2-3-9(7-10)8-20-14-17-16-13(21-14)15-11-5-6-11/h2-4,7,11H,5-6,8H2,1H3,(H,15,16). The maximum atomic E-state index is 11.5. The molecule has 0 amide bonds. The van der Waals surface area contributed by atoms with Crippen LogP contribution in [0.4, 0.5) is 5.13 Å². The number of carbonyl (C=O) groups excluding carboxylic acids is 1. The molecule has 0 spiro atoms. The van der Waals surface area contributed by atoms with Crippen molar-refractivity contribution < 1.29 is 9.53 Å². The van der Waals surface area contributed by atoms with Gasteiger partial charge in [-0.25, -0.2) is 4.79 Å². The molecule has 1 heterocycles. The van der Waals surface area contributed by atoms with Crippen LogP contribution in [0.5, 0.6) is 0 Å². The quantitative estimate of drug-likeness (QED) is 0.651. The molecule has 1 aromatic carbocycles. The zero-order valence-electron chi connectivity index (χ0n) is 11.5. The zero-order valence-corrected chi connectivity index (χ0v) is 13.2. The van der Waals surface area contributed by atoms with Crippen LogP contribution in [0, 0.1) is 0 Å². The summed E-state index contributed by atoms with van der Waals surface area (Å²) in [6, 6.07) is 8.05. The topological polar surface area (TPSA) is 64.1 Å². The van der Waals surface area contributed by atoms with Gasteiger partial charge in [0.15, 0.2) is 4.34 Å². The summed E-state index contributed by atoms with van der Waals surface area (Å²) in [5.41, 5.74) is 1.64. The molecule has 5 nitrogen and oxygen atoms in total. The lowest BCUT2D eigenvalue weighted by Gasteiger charge is -2.02. The summed E-state index contributed by atoms with van der Waals surface area (Å²) in [7, 11) is 1.39. The van der Waals surface area contributed by atoms with Crippen molar-refractivity contribution in [2.24, 2.45) is 0 Å². The molecule has 0 saturated heterocycles. The van der Waals surface area contributed by atoms with E-state index < -0.39 is 0 Å². The molecule has 1 aliphatic carbocycles. The molecular formula is C14H15N3O2S2. The molecule has 0 bridgehead atoms. The van der Waals surface area contributed by atoms with Gasteiger partial charge < -0.3 is 10.1 Å². The SMILES string of the molecule is COC(=O)c1cccc(CSc2nnc(NC3CC3)s2)c1. The van der Waals surface area contributed by atoms with E-state index in [0.717, 1.165) is 20.8 Å². The Morgan fingerprint density at radius 3 is 3.10 bits per heavy atom. The molecule has 0 radical (unpaired) electrons. The molecule has 0 aliphatic heterocycles. The zero-order chi connectivity index (χ0) is 14.7. The van der Waals surface area contributed by atoms with E-state index >= 15 is 0 Å². The van der Waals surface area contributed by atoms with E-state index in [-0.39, 0.29) is 5.97 Å². The van der Waals surface area contributed by atoms with Crippen molar-refractivity contribution in [3.8, 4) is 0 Å². The third kappa shape index (κ3) is 3.95. The van der Waals surface area contributed by atoms with Crippen molar-refractivity contribution in [1.29, 1.82) is 0 Å². The van der Waals surface area contributed by atoms with Crippen molar-refractivity contribution >= 4 is 34.2 Å². The molecular weight excluding hydrogens is 306 g/mol. The van der Waals surface area contributed by atoms with E-state index in [0.29, 0.717) is 11.6 Å². The van der Waals surface area contributed by atoms with Crippen molar-refractivity contribution in [2.45, 2.75) is 29.0 Å². The highest BCUT2D eigenvalue weighted by molar-refractivity contribution is 8.00. The largest absolute Gasteiger partial charge is 0.465 e. The Hall–Kier alpha value is -1.60. The van der Waals surface area contributed by atoms with E-state index in [1.165, 1.54) is 20.0 Å². The smallest absolute Gasteiger partial charge is 0.337 e. The minimum Gasteiger partial charge on any atom is -0.465 e. The average molecular weight is 321 g/mol. The average Bonchev–Trinajstić information content (AvgIpc) is 3.21. The highest BCUT2D eigenvalue weighted by Crippen LogP contribution is 2.31. The number of thioether (sulfide) groups is 1. The molecule has 2 aromatic rings. The molecule has 3 rings (SSSR count). The van der Waals surface area contributed by atoms with Gasteiger partial charge in [-0.05, 0) is 30.5 Å². The first kappa shape index (κ1) is 14.3. The Labute approximate surface area is 131 Å². The number of benzene rings is 1. The van der Waals surface area contributed by atoms with Crippen LogP contribution in [0.1, 0.15) is 28.8 Å². The van der Waals surface area contributed by atoms with Crippen LogP contribution >= 0.6 is 23.1 Å². The number of ether oxygens (including phenoxy) is 1. The maximum Gasteiger partial charge on any atom is 0.337 e. The fourth-order valence-corrected chi connectivity index (χ4v) is 3.55. The van der Waals surface area contributed by atoms with Crippen molar-refractivity contribution in [1.82, 2.24) is 10.2 Å². The first-order valence-corrected chi connectivity index (χ1v) is 8.45.